The fourth-order valence-corrected chi connectivity index (χ4v) is 2.10. The Hall–Kier alpha value is -0.590. The first-order valence-corrected chi connectivity index (χ1v) is 5.42. The molecule has 0 aromatic carbocycles. The Morgan fingerprint density at radius 3 is 2.71 bits per heavy atom. The van der Waals surface area contributed by atoms with Crippen LogP contribution in [-0.2, 0) is 0 Å². The predicted molar refractivity (Wildman–Crippen MR) is 57.9 cm³/mol. The van der Waals surface area contributed by atoms with Crippen LogP contribution in [0.3, 0.4) is 0 Å². The Balaban J connectivity index is 2.66. The second-order valence-corrected chi connectivity index (χ2v) is 4.62. The second-order valence-electron chi connectivity index (χ2n) is 4.62. The van der Waals surface area contributed by atoms with Crippen LogP contribution in [0.2, 0.25) is 0 Å². The minimum absolute atomic E-state index is 0.316. The van der Waals surface area contributed by atoms with E-state index in [0.717, 1.165) is 19.4 Å². The topological polar surface area (TPSA) is 39.1 Å². The van der Waals surface area contributed by atoms with Crippen molar-refractivity contribution in [2.75, 3.05) is 13.6 Å². The van der Waals surface area contributed by atoms with E-state index in [1.54, 1.807) is 0 Å². The van der Waals surface area contributed by atoms with Gasteiger partial charge in [0, 0.05) is 18.6 Å². The van der Waals surface area contributed by atoms with Gasteiger partial charge in [-0.05, 0) is 33.7 Å². The minimum atomic E-state index is -0.316. The molecule has 3 heteroatoms. The van der Waals surface area contributed by atoms with Gasteiger partial charge in [-0.2, -0.15) is 5.26 Å². The minimum Gasteiger partial charge on any atom is -0.301 e. The second kappa shape index (κ2) is 4.29. The lowest BCUT2D eigenvalue weighted by molar-refractivity contribution is 0.311. The lowest BCUT2D eigenvalue weighted by Crippen LogP contribution is -2.49. The zero-order chi connectivity index (χ0) is 10.8. The molecule has 1 heterocycles. The number of hydrogen-bond donors (Lipinski definition) is 1. The Bertz CT molecular complexity index is 221. The van der Waals surface area contributed by atoms with Gasteiger partial charge in [-0.25, -0.2) is 0 Å². The number of nitrogens with one attached hydrogen (secondary N) is 1. The average Bonchev–Trinajstić information content (AvgIpc) is 2.43. The Morgan fingerprint density at radius 1 is 1.71 bits per heavy atom. The van der Waals surface area contributed by atoms with Gasteiger partial charge in [-0.15, -0.1) is 0 Å². The monoisotopic (exact) mass is 195 g/mol. The van der Waals surface area contributed by atoms with Crippen LogP contribution in [0.4, 0.5) is 0 Å². The van der Waals surface area contributed by atoms with Crippen LogP contribution < -0.4 is 5.32 Å². The highest BCUT2D eigenvalue weighted by Crippen LogP contribution is 2.25. The summed E-state index contributed by atoms with van der Waals surface area (Å²) >= 11 is 0. The number of rotatable bonds is 3. The van der Waals surface area contributed by atoms with Gasteiger partial charge < -0.3 is 4.90 Å². The van der Waals surface area contributed by atoms with E-state index in [9.17, 15) is 5.26 Å². The molecule has 0 aromatic rings. The summed E-state index contributed by atoms with van der Waals surface area (Å²) in [5.74, 6) is 0. The summed E-state index contributed by atoms with van der Waals surface area (Å²) in [4.78, 5) is 2.25. The van der Waals surface area contributed by atoms with Crippen molar-refractivity contribution in [1.29, 1.82) is 5.26 Å². The van der Waals surface area contributed by atoms with Crippen LogP contribution in [0.15, 0.2) is 0 Å². The molecular weight excluding hydrogens is 174 g/mol. The molecule has 0 bridgehead atoms. The molecule has 0 radical (unpaired) electrons. The van der Waals surface area contributed by atoms with Gasteiger partial charge in [0.15, 0.2) is 0 Å². The number of likely N-dealkylation sites (tertiary alicyclic amines) is 1. The molecule has 0 spiro atoms. The quantitative estimate of drug-likeness (QED) is 0.739. The molecule has 14 heavy (non-hydrogen) atoms. The molecule has 0 amide bonds. The third kappa shape index (κ3) is 2.26. The highest BCUT2D eigenvalue weighted by atomic mass is 15.2. The van der Waals surface area contributed by atoms with E-state index < -0.39 is 0 Å². The van der Waals surface area contributed by atoms with Crippen LogP contribution >= 0.6 is 0 Å². The lowest BCUT2D eigenvalue weighted by Gasteiger charge is -2.26. The molecule has 1 fully saturated rings. The maximum Gasteiger partial charge on any atom is 0.121 e. The molecule has 0 aliphatic carbocycles. The summed E-state index contributed by atoms with van der Waals surface area (Å²) in [7, 11) is 2.09. The molecule has 1 N–H and O–H groups in total. The third-order valence-corrected chi connectivity index (χ3v) is 3.26. The van der Waals surface area contributed by atoms with Crippen molar-refractivity contribution in [3.05, 3.63) is 0 Å². The van der Waals surface area contributed by atoms with Gasteiger partial charge in [0.2, 0.25) is 0 Å². The Kier molecular flexibility index (Phi) is 3.52. The van der Waals surface area contributed by atoms with Gasteiger partial charge in [-0.1, -0.05) is 6.92 Å². The van der Waals surface area contributed by atoms with Crippen molar-refractivity contribution >= 4 is 0 Å². The zero-order valence-electron chi connectivity index (χ0n) is 9.67. The molecule has 1 saturated heterocycles. The fraction of sp³-hybridized carbons (Fsp3) is 0.909. The summed E-state index contributed by atoms with van der Waals surface area (Å²) in [6, 6.07) is 3.38. The van der Waals surface area contributed by atoms with E-state index >= 15 is 0 Å². The molecule has 0 saturated carbocycles. The van der Waals surface area contributed by atoms with E-state index in [4.69, 9.17) is 0 Å². The largest absolute Gasteiger partial charge is 0.301 e. The molecule has 1 rings (SSSR count). The first-order chi connectivity index (χ1) is 6.53. The summed E-state index contributed by atoms with van der Waals surface area (Å²) in [6.45, 7) is 7.30. The molecule has 1 aliphatic rings. The van der Waals surface area contributed by atoms with Crippen LogP contribution in [0.1, 0.15) is 33.6 Å². The number of nitriles is 1. The maximum atomic E-state index is 9.26. The molecular formula is C11H21N3. The smallest absolute Gasteiger partial charge is 0.121 e. The molecule has 1 aliphatic heterocycles. The van der Waals surface area contributed by atoms with E-state index in [0.29, 0.717) is 12.1 Å². The van der Waals surface area contributed by atoms with Crippen molar-refractivity contribution in [2.45, 2.75) is 51.2 Å². The molecule has 3 atom stereocenters. The number of nitrogens with zero attached hydrogens (tertiary/aromatic N) is 2. The standard InChI is InChI=1S/C11H21N3/c1-5-9(2)13-11(7-12)6-10(3)14(4)8-11/h9-10,13H,5-6,8H2,1-4H3. The molecule has 3 unspecified atom stereocenters. The molecule has 80 valence electrons. The molecule has 3 nitrogen and oxygen atoms in total. The van der Waals surface area contributed by atoms with Gasteiger partial charge in [0.25, 0.3) is 0 Å². The Morgan fingerprint density at radius 2 is 2.36 bits per heavy atom. The van der Waals surface area contributed by atoms with E-state index in [-0.39, 0.29) is 5.54 Å². The highest BCUT2D eigenvalue weighted by Gasteiger charge is 2.41. The maximum absolute atomic E-state index is 9.26. The summed E-state index contributed by atoms with van der Waals surface area (Å²) in [6.07, 6.45) is 2.01. The molecule has 0 aromatic heterocycles. The predicted octanol–water partition coefficient (Wildman–Crippen LogP) is 1.36. The van der Waals surface area contributed by atoms with Gasteiger partial charge in [0.05, 0.1) is 6.07 Å². The van der Waals surface area contributed by atoms with Crippen molar-refractivity contribution in [1.82, 2.24) is 10.2 Å². The van der Waals surface area contributed by atoms with Crippen LogP contribution in [0.5, 0.6) is 0 Å². The van der Waals surface area contributed by atoms with E-state index in [1.807, 2.05) is 0 Å². The lowest BCUT2D eigenvalue weighted by atomic mass is 9.96. The van der Waals surface area contributed by atoms with Gasteiger partial charge in [0.1, 0.15) is 5.54 Å². The summed E-state index contributed by atoms with van der Waals surface area (Å²) < 4.78 is 0. The Labute approximate surface area is 87.1 Å². The number of hydrogen-bond acceptors (Lipinski definition) is 3. The summed E-state index contributed by atoms with van der Waals surface area (Å²) in [5.41, 5.74) is -0.316. The normalized spacial score (nSPS) is 35.5. The van der Waals surface area contributed by atoms with E-state index in [1.165, 1.54) is 0 Å². The van der Waals surface area contributed by atoms with Crippen molar-refractivity contribution < 1.29 is 0 Å². The zero-order valence-corrected chi connectivity index (χ0v) is 9.67. The van der Waals surface area contributed by atoms with Crippen molar-refractivity contribution in [3.63, 3.8) is 0 Å². The SMILES string of the molecule is CCC(C)NC1(C#N)CC(C)N(C)C1. The van der Waals surface area contributed by atoms with Crippen LogP contribution in [-0.4, -0.2) is 36.1 Å². The summed E-state index contributed by atoms with van der Waals surface area (Å²) in [5, 5.41) is 12.7. The highest BCUT2D eigenvalue weighted by molar-refractivity contribution is 5.14. The first-order valence-electron chi connectivity index (χ1n) is 5.42. The van der Waals surface area contributed by atoms with Crippen LogP contribution in [0, 0.1) is 11.3 Å². The van der Waals surface area contributed by atoms with Crippen molar-refractivity contribution in [2.24, 2.45) is 0 Å². The third-order valence-electron chi connectivity index (χ3n) is 3.26. The van der Waals surface area contributed by atoms with E-state index in [2.05, 4.69) is 44.1 Å². The fourth-order valence-electron chi connectivity index (χ4n) is 2.10. The number of likely N-dealkylation sites (N-methyl/N-ethyl adjacent to an activating group) is 1. The first kappa shape index (κ1) is 11.5. The van der Waals surface area contributed by atoms with Crippen molar-refractivity contribution in [3.8, 4) is 6.07 Å². The van der Waals surface area contributed by atoms with Crippen LogP contribution in [0.25, 0.3) is 0 Å². The average molecular weight is 195 g/mol. The van der Waals surface area contributed by atoms with Gasteiger partial charge in [-0.3, -0.25) is 5.32 Å². The van der Waals surface area contributed by atoms with Gasteiger partial charge >= 0.3 is 0 Å².